The Morgan fingerprint density at radius 1 is 1.25 bits per heavy atom. The van der Waals surface area contributed by atoms with Crippen molar-refractivity contribution in [2.45, 2.75) is 76.8 Å². The highest BCUT2D eigenvalue weighted by atomic mass is 35.5. The molecule has 1 saturated carbocycles. The van der Waals surface area contributed by atoms with Gasteiger partial charge in [0.25, 0.3) is 0 Å². The van der Waals surface area contributed by atoms with Gasteiger partial charge < -0.3 is 10.6 Å². The van der Waals surface area contributed by atoms with Crippen LogP contribution in [0.4, 0.5) is 0 Å². The number of amides is 1. The highest BCUT2D eigenvalue weighted by Gasteiger charge is 2.41. The lowest BCUT2D eigenvalue weighted by molar-refractivity contribution is -0.122. The van der Waals surface area contributed by atoms with Gasteiger partial charge in [0.2, 0.25) is 5.91 Å². The number of piperidine rings is 1. The molecule has 3 rings (SSSR count). The molecule has 0 aromatic rings. The normalized spacial score (nSPS) is 33.4. The summed E-state index contributed by atoms with van der Waals surface area (Å²) in [5.74, 6) is 0.925. The molecule has 3 aliphatic rings. The minimum atomic E-state index is 0. The van der Waals surface area contributed by atoms with E-state index in [0.29, 0.717) is 29.3 Å². The molecule has 20 heavy (non-hydrogen) atoms. The quantitative estimate of drug-likeness (QED) is 0.792. The maximum atomic E-state index is 12.1. The van der Waals surface area contributed by atoms with Gasteiger partial charge in [-0.15, -0.1) is 12.4 Å². The second kappa shape index (κ2) is 6.65. The summed E-state index contributed by atoms with van der Waals surface area (Å²) in [6, 6.07) is 1.40. The number of rotatable bonds is 6. The van der Waals surface area contributed by atoms with E-state index in [0.717, 1.165) is 13.0 Å². The van der Waals surface area contributed by atoms with Crippen molar-refractivity contribution < 1.29 is 4.79 Å². The Bertz CT molecular complexity index is 331. The van der Waals surface area contributed by atoms with Gasteiger partial charge in [0.1, 0.15) is 0 Å². The van der Waals surface area contributed by atoms with E-state index in [1.807, 2.05) is 0 Å². The Labute approximate surface area is 129 Å². The molecule has 116 valence electrons. The summed E-state index contributed by atoms with van der Waals surface area (Å²) < 4.78 is 0. The first-order valence-electron chi connectivity index (χ1n) is 8.22. The molecule has 1 aliphatic carbocycles. The van der Waals surface area contributed by atoms with E-state index in [1.54, 1.807) is 0 Å². The van der Waals surface area contributed by atoms with Crippen LogP contribution in [0.1, 0.15) is 64.7 Å². The number of fused-ring (bicyclic) bond motifs is 2. The SMILES string of the molecule is CCCC1(CNC(=O)CC2CC3CCC(C2)N3)CC1.Cl. The van der Waals surface area contributed by atoms with Crippen LogP contribution in [-0.2, 0) is 4.79 Å². The Hall–Kier alpha value is -0.280. The maximum absolute atomic E-state index is 12.1. The fraction of sp³-hybridized carbons (Fsp3) is 0.938. The molecule has 2 N–H and O–H groups in total. The average Bonchev–Trinajstić information content (AvgIpc) is 3.07. The zero-order valence-electron chi connectivity index (χ0n) is 12.6. The summed E-state index contributed by atoms with van der Waals surface area (Å²) in [5.41, 5.74) is 0.484. The van der Waals surface area contributed by atoms with Crippen LogP contribution < -0.4 is 10.6 Å². The van der Waals surface area contributed by atoms with E-state index in [9.17, 15) is 4.79 Å². The van der Waals surface area contributed by atoms with Crippen molar-refractivity contribution in [3.63, 3.8) is 0 Å². The van der Waals surface area contributed by atoms with E-state index in [2.05, 4.69) is 17.6 Å². The van der Waals surface area contributed by atoms with Gasteiger partial charge in [0.05, 0.1) is 0 Å². The van der Waals surface area contributed by atoms with Crippen molar-refractivity contribution in [2.24, 2.45) is 11.3 Å². The lowest BCUT2D eigenvalue weighted by Gasteiger charge is -2.28. The van der Waals surface area contributed by atoms with Crippen LogP contribution in [0.5, 0.6) is 0 Å². The number of hydrogen-bond donors (Lipinski definition) is 2. The van der Waals surface area contributed by atoms with Gasteiger partial charge in [0.15, 0.2) is 0 Å². The van der Waals surface area contributed by atoms with Crippen molar-refractivity contribution in [3.05, 3.63) is 0 Å². The number of hydrogen-bond acceptors (Lipinski definition) is 2. The smallest absolute Gasteiger partial charge is 0.220 e. The van der Waals surface area contributed by atoms with Crippen LogP contribution in [0, 0.1) is 11.3 Å². The third-order valence-electron chi connectivity index (χ3n) is 5.44. The highest BCUT2D eigenvalue weighted by molar-refractivity contribution is 5.85. The van der Waals surface area contributed by atoms with Crippen molar-refractivity contribution in [1.29, 1.82) is 0 Å². The van der Waals surface area contributed by atoms with Crippen LogP contribution in [-0.4, -0.2) is 24.5 Å². The summed E-state index contributed by atoms with van der Waals surface area (Å²) in [7, 11) is 0. The van der Waals surface area contributed by atoms with Gasteiger partial charge >= 0.3 is 0 Å². The van der Waals surface area contributed by atoms with Gasteiger partial charge in [-0.1, -0.05) is 13.3 Å². The summed E-state index contributed by atoms with van der Waals surface area (Å²) >= 11 is 0. The third-order valence-corrected chi connectivity index (χ3v) is 5.44. The summed E-state index contributed by atoms with van der Waals surface area (Å²) in [6.45, 7) is 3.17. The molecule has 0 aromatic heterocycles. The zero-order valence-corrected chi connectivity index (χ0v) is 13.4. The number of carbonyl (C=O) groups is 1. The first kappa shape index (κ1) is 16.1. The molecule has 3 nitrogen and oxygen atoms in total. The predicted octanol–water partition coefficient (Wildman–Crippen LogP) is 3.03. The molecule has 2 heterocycles. The first-order valence-corrected chi connectivity index (χ1v) is 8.22. The fourth-order valence-electron chi connectivity index (χ4n) is 4.18. The lowest BCUT2D eigenvalue weighted by atomic mass is 9.89. The molecule has 1 amide bonds. The van der Waals surface area contributed by atoms with Gasteiger partial charge in [0, 0.05) is 25.0 Å². The maximum Gasteiger partial charge on any atom is 0.220 e. The van der Waals surface area contributed by atoms with E-state index < -0.39 is 0 Å². The largest absolute Gasteiger partial charge is 0.356 e. The Balaban J connectivity index is 0.00000147. The summed E-state index contributed by atoms with van der Waals surface area (Å²) in [6.07, 6.45) is 11.0. The Morgan fingerprint density at radius 2 is 1.90 bits per heavy atom. The van der Waals surface area contributed by atoms with E-state index in [-0.39, 0.29) is 12.4 Å². The van der Waals surface area contributed by atoms with Crippen LogP contribution in [0.15, 0.2) is 0 Å². The first-order chi connectivity index (χ1) is 9.19. The molecule has 2 atom stereocenters. The molecule has 0 spiro atoms. The van der Waals surface area contributed by atoms with Gasteiger partial charge in [-0.2, -0.15) is 0 Å². The van der Waals surface area contributed by atoms with Crippen LogP contribution in [0.25, 0.3) is 0 Å². The number of halogens is 1. The van der Waals surface area contributed by atoms with Crippen LogP contribution >= 0.6 is 12.4 Å². The molecule has 3 fully saturated rings. The molecule has 2 aliphatic heterocycles. The van der Waals surface area contributed by atoms with Gasteiger partial charge in [-0.25, -0.2) is 0 Å². The highest BCUT2D eigenvalue weighted by Crippen LogP contribution is 2.48. The fourth-order valence-corrected chi connectivity index (χ4v) is 4.18. The van der Waals surface area contributed by atoms with E-state index in [4.69, 9.17) is 0 Å². The zero-order chi connectivity index (χ0) is 13.3. The average molecular weight is 301 g/mol. The lowest BCUT2D eigenvalue weighted by Crippen LogP contribution is -2.40. The molecule has 0 radical (unpaired) electrons. The molecule has 2 unspecified atom stereocenters. The monoisotopic (exact) mass is 300 g/mol. The molecule has 2 bridgehead atoms. The second-order valence-corrected chi connectivity index (χ2v) is 7.21. The summed E-state index contributed by atoms with van der Waals surface area (Å²) in [5, 5.41) is 6.85. The van der Waals surface area contributed by atoms with Crippen molar-refractivity contribution in [2.75, 3.05) is 6.54 Å². The number of nitrogens with one attached hydrogen (secondary N) is 2. The topological polar surface area (TPSA) is 41.1 Å². The van der Waals surface area contributed by atoms with Crippen molar-refractivity contribution >= 4 is 18.3 Å². The predicted molar refractivity (Wildman–Crippen MR) is 84.1 cm³/mol. The van der Waals surface area contributed by atoms with Crippen LogP contribution in [0.3, 0.4) is 0 Å². The minimum absolute atomic E-state index is 0. The molecule has 0 aromatic carbocycles. The Kier molecular flexibility index (Phi) is 5.36. The molecule has 2 saturated heterocycles. The van der Waals surface area contributed by atoms with Crippen molar-refractivity contribution in [1.82, 2.24) is 10.6 Å². The molecular formula is C16H29ClN2O. The van der Waals surface area contributed by atoms with Crippen LogP contribution in [0.2, 0.25) is 0 Å². The van der Waals surface area contributed by atoms with E-state index in [1.165, 1.54) is 51.4 Å². The van der Waals surface area contributed by atoms with Gasteiger partial charge in [-0.3, -0.25) is 4.79 Å². The Morgan fingerprint density at radius 3 is 2.45 bits per heavy atom. The van der Waals surface area contributed by atoms with E-state index >= 15 is 0 Å². The van der Waals surface area contributed by atoms with Crippen molar-refractivity contribution in [3.8, 4) is 0 Å². The minimum Gasteiger partial charge on any atom is -0.356 e. The molecular weight excluding hydrogens is 272 g/mol. The molecule has 4 heteroatoms. The number of carbonyl (C=O) groups excluding carboxylic acids is 1. The standard InChI is InChI=1S/C16H28N2O.ClH/c1-2-5-16(6-7-16)11-17-15(19)10-12-8-13-3-4-14(9-12)18-13;/h12-14,18H,2-11H2,1H3,(H,17,19);1H. The third kappa shape index (κ3) is 3.88. The second-order valence-electron chi connectivity index (χ2n) is 7.21. The summed E-state index contributed by atoms with van der Waals surface area (Å²) in [4.78, 5) is 12.1. The van der Waals surface area contributed by atoms with Gasteiger partial charge in [-0.05, 0) is 56.3 Å².